The molecule has 0 saturated heterocycles. The maximum absolute atomic E-state index is 12.2. The molecule has 1 amide bonds. The predicted octanol–water partition coefficient (Wildman–Crippen LogP) is 3.13. The zero-order valence-corrected chi connectivity index (χ0v) is 13.2. The van der Waals surface area contributed by atoms with E-state index in [1.54, 1.807) is 6.07 Å². The van der Waals surface area contributed by atoms with Gasteiger partial charge in [0.15, 0.2) is 0 Å². The molecule has 1 heterocycles. The van der Waals surface area contributed by atoms with Gasteiger partial charge in [-0.15, -0.1) is 0 Å². The van der Waals surface area contributed by atoms with E-state index in [9.17, 15) is 4.79 Å². The number of nitrogens with one attached hydrogen (secondary N) is 2. The average Bonchev–Trinajstić information content (AvgIpc) is 3.29. The van der Waals surface area contributed by atoms with E-state index in [0.717, 1.165) is 31.5 Å². The summed E-state index contributed by atoms with van der Waals surface area (Å²) in [6, 6.07) is 5.62. The SMILES string of the molecule is O=C(NCC1=CCNCC1)C1CC1c1cccc(Cl)c1Cl. The van der Waals surface area contributed by atoms with Crippen molar-refractivity contribution in [2.45, 2.75) is 18.8 Å². The Labute approximate surface area is 134 Å². The van der Waals surface area contributed by atoms with E-state index in [0.29, 0.717) is 16.6 Å². The number of hydrogen-bond donors (Lipinski definition) is 2. The largest absolute Gasteiger partial charge is 0.352 e. The molecule has 1 fully saturated rings. The molecule has 21 heavy (non-hydrogen) atoms. The lowest BCUT2D eigenvalue weighted by molar-refractivity contribution is -0.122. The minimum Gasteiger partial charge on any atom is -0.352 e. The van der Waals surface area contributed by atoms with Crippen molar-refractivity contribution in [2.75, 3.05) is 19.6 Å². The van der Waals surface area contributed by atoms with Gasteiger partial charge in [-0.25, -0.2) is 0 Å². The number of carbonyl (C=O) groups is 1. The first-order chi connectivity index (χ1) is 10.2. The number of rotatable bonds is 4. The third-order valence-electron chi connectivity index (χ3n) is 4.16. The third kappa shape index (κ3) is 3.42. The van der Waals surface area contributed by atoms with Crippen LogP contribution in [0.1, 0.15) is 24.3 Å². The fourth-order valence-corrected chi connectivity index (χ4v) is 3.25. The molecule has 3 nitrogen and oxygen atoms in total. The van der Waals surface area contributed by atoms with Crippen molar-refractivity contribution in [3.8, 4) is 0 Å². The molecule has 0 aromatic heterocycles. The Bertz CT molecular complexity index is 586. The highest BCUT2D eigenvalue weighted by atomic mass is 35.5. The number of halogens is 2. The highest BCUT2D eigenvalue weighted by molar-refractivity contribution is 6.42. The van der Waals surface area contributed by atoms with Crippen LogP contribution < -0.4 is 10.6 Å². The van der Waals surface area contributed by atoms with E-state index < -0.39 is 0 Å². The molecule has 1 saturated carbocycles. The molecule has 5 heteroatoms. The third-order valence-corrected chi connectivity index (χ3v) is 4.99. The molecule has 3 rings (SSSR count). The lowest BCUT2D eigenvalue weighted by atomic mass is 10.1. The Morgan fingerprint density at radius 2 is 2.24 bits per heavy atom. The number of benzene rings is 1. The van der Waals surface area contributed by atoms with Crippen LogP contribution in [0.4, 0.5) is 0 Å². The molecule has 2 N–H and O–H groups in total. The fraction of sp³-hybridized carbons (Fsp3) is 0.438. The first-order valence-corrected chi connectivity index (χ1v) is 8.02. The van der Waals surface area contributed by atoms with Gasteiger partial charge in [0, 0.05) is 19.0 Å². The number of hydrogen-bond acceptors (Lipinski definition) is 2. The standard InChI is InChI=1S/C16H18Cl2N2O/c17-14-3-1-2-11(15(14)18)12-8-13(12)16(21)20-9-10-4-6-19-7-5-10/h1-4,12-13,19H,5-9H2,(H,20,21). The van der Waals surface area contributed by atoms with Gasteiger partial charge in [0.05, 0.1) is 10.0 Å². The van der Waals surface area contributed by atoms with E-state index >= 15 is 0 Å². The summed E-state index contributed by atoms with van der Waals surface area (Å²) in [5.74, 6) is 0.358. The molecule has 1 aliphatic carbocycles. The van der Waals surface area contributed by atoms with Crippen molar-refractivity contribution in [3.05, 3.63) is 45.5 Å². The van der Waals surface area contributed by atoms with Crippen molar-refractivity contribution in [1.82, 2.24) is 10.6 Å². The van der Waals surface area contributed by atoms with Gasteiger partial charge in [0.2, 0.25) is 5.91 Å². The van der Waals surface area contributed by atoms with E-state index in [4.69, 9.17) is 23.2 Å². The normalized spacial score (nSPS) is 24.4. The van der Waals surface area contributed by atoms with Crippen molar-refractivity contribution in [2.24, 2.45) is 5.92 Å². The van der Waals surface area contributed by atoms with E-state index in [-0.39, 0.29) is 17.7 Å². The molecule has 1 aromatic carbocycles. The minimum absolute atomic E-state index is 0.0308. The molecule has 2 unspecified atom stereocenters. The predicted molar refractivity (Wildman–Crippen MR) is 85.9 cm³/mol. The van der Waals surface area contributed by atoms with Gasteiger partial charge in [-0.2, -0.15) is 0 Å². The summed E-state index contributed by atoms with van der Waals surface area (Å²) >= 11 is 12.2. The molecular weight excluding hydrogens is 307 g/mol. The second kappa shape index (κ2) is 6.39. The summed E-state index contributed by atoms with van der Waals surface area (Å²) in [7, 11) is 0. The van der Waals surface area contributed by atoms with Crippen molar-refractivity contribution >= 4 is 29.1 Å². The van der Waals surface area contributed by atoms with Gasteiger partial charge in [-0.05, 0) is 36.9 Å². The van der Waals surface area contributed by atoms with Crippen molar-refractivity contribution < 1.29 is 4.79 Å². The van der Waals surface area contributed by atoms with Crippen molar-refractivity contribution in [1.29, 1.82) is 0 Å². The molecule has 0 radical (unpaired) electrons. The number of amides is 1. The summed E-state index contributed by atoms with van der Waals surface area (Å²) in [5.41, 5.74) is 2.30. The zero-order chi connectivity index (χ0) is 14.8. The first kappa shape index (κ1) is 14.9. The average molecular weight is 325 g/mol. The van der Waals surface area contributed by atoms with E-state index in [2.05, 4.69) is 16.7 Å². The summed E-state index contributed by atoms with van der Waals surface area (Å²) in [6.07, 6.45) is 4.02. The smallest absolute Gasteiger partial charge is 0.224 e. The van der Waals surface area contributed by atoms with E-state index in [1.165, 1.54) is 5.57 Å². The lowest BCUT2D eigenvalue weighted by Crippen LogP contribution is -2.30. The molecule has 1 aromatic rings. The maximum atomic E-state index is 12.2. The first-order valence-electron chi connectivity index (χ1n) is 7.27. The van der Waals surface area contributed by atoms with Crippen LogP contribution in [0, 0.1) is 5.92 Å². The Kier molecular flexibility index (Phi) is 4.53. The highest BCUT2D eigenvalue weighted by Crippen LogP contribution is 2.50. The van der Waals surface area contributed by atoms with Crippen LogP contribution in [-0.4, -0.2) is 25.5 Å². The van der Waals surface area contributed by atoms with Gasteiger partial charge in [-0.1, -0.05) is 47.0 Å². The summed E-state index contributed by atoms with van der Waals surface area (Å²) in [4.78, 5) is 12.2. The minimum atomic E-state index is 0.0308. The topological polar surface area (TPSA) is 41.1 Å². The Morgan fingerprint density at radius 3 is 3.00 bits per heavy atom. The Morgan fingerprint density at radius 1 is 1.38 bits per heavy atom. The van der Waals surface area contributed by atoms with Crippen LogP contribution in [-0.2, 0) is 4.79 Å². The van der Waals surface area contributed by atoms with Crippen LogP contribution in [0.15, 0.2) is 29.8 Å². The zero-order valence-electron chi connectivity index (χ0n) is 11.7. The van der Waals surface area contributed by atoms with Gasteiger partial charge >= 0.3 is 0 Å². The second-order valence-electron chi connectivity index (χ2n) is 5.63. The summed E-state index contributed by atoms with van der Waals surface area (Å²) < 4.78 is 0. The maximum Gasteiger partial charge on any atom is 0.224 e. The van der Waals surface area contributed by atoms with Crippen LogP contribution in [0.5, 0.6) is 0 Å². The molecule has 0 spiro atoms. The second-order valence-corrected chi connectivity index (χ2v) is 6.41. The quantitative estimate of drug-likeness (QED) is 0.835. The van der Waals surface area contributed by atoms with E-state index in [1.807, 2.05) is 12.1 Å². The lowest BCUT2D eigenvalue weighted by Gasteiger charge is -2.14. The number of carbonyl (C=O) groups excluding carboxylic acids is 1. The van der Waals surface area contributed by atoms with Gasteiger partial charge in [-0.3, -0.25) is 4.79 Å². The molecule has 2 atom stereocenters. The van der Waals surface area contributed by atoms with Crippen LogP contribution in [0.3, 0.4) is 0 Å². The van der Waals surface area contributed by atoms with Crippen LogP contribution >= 0.6 is 23.2 Å². The van der Waals surface area contributed by atoms with Crippen molar-refractivity contribution in [3.63, 3.8) is 0 Å². The Hall–Kier alpha value is -1.03. The summed E-state index contributed by atoms with van der Waals surface area (Å²) in [6.45, 7) is 2.55. The fourth-order valence-electron chi connectivity index (χ4n) is 2.80. The molecule has 1 aliphatic heterocycles. The van der Waals surface area contributed by atoms with Gasteiger partial charge in [0.1, 0.15) is 0 Å². The molecular formula is C16H18Cl2N2O. The molecule has 2 aliphatic rings. The summed E-state index contributed by atoms with van der Waals surface area (Å²) in [5, 5.41) is 7.44. The van der Waals surface area contributed by atoms with Crippen LogP contribution in [0.2, 0.25) is 10.0 Å². The Balaban J connectivity index is 1.56. The highest BCUT2D eigenvalue weighted by Gasteiger charge is 2.44. The van der Waals surface area contributed by atoms with Crippen LogP contribution in [0.25, 0.3) is 0 Å². The molecule has 0 bridgehead atoms. The molecule has 112 valence electrons. The van der Waals surface area contributed by atoms with Gasteiger partial charge in [0.25, 0.3) is 0 Å². The monoisotopic (exact) mass is 324 g/mol. The van der Waals surface area contributed by atoms with Gasteiger partial charge < -0.3 is 10.6 Å².